The van der Waals surface area contributed by atoms with E-state index in [1.54, 1.807) is 17.9 Å². The molecule has 2 heterocycles. The molecule has 6 heteroatoms. The van der Waals surface area contributed by atoms with E-state index in [9.17, 15) is 0 Å². The van der Waals surface area contributed by atoms with E-state index >= 15 is 0 Å². The molecule has 0 aliphatic rings. The average Bonchev–Trinajstić information content (AvgIpc) is 2.74. The van der Waals surface area contributed by atoms with Crippen LogP contribution in [0.3, 0.4) is 0 Å². The van der Waals surface area contributed by atoms with Gasteiger partial charge in [0, 0.05) is 0 Å². The summed E-state index contributed by atoms with van der Waals surface area (Å²) in [5.41, 5.74) is 7.64. The highest BCUT2D eigenvalue weighted by Gasteiger charge is 2.14. The van der Waals surface area contributed by atoms with Gasteiger partial charge in [0.1, 0.15) is 6.33 Å². The largest absolute Gasteiger partial charge is 0.491 e. The van der Waals surface area contributed by atoms with Crippen LogP contribution in [-0.2, 0) is 0 Å². The Labute approximate surface area is 103 Å². The van der Waals surface area contributed by atoms with E-state index < -0.39 is 0 Å². The summed E-state index contributed by atoms with van der Waals surface area (Å²) in [6.07, 6.45) is 3.04. The number of benzene rings is 1. The van der Waals surface area contributed by atoms with Gasteiger partial charge in [-0.05, 0) is 12.1 Å². The van der Waals surface area contributed by atoms with Gasteiger partial charge in [0.05, 0.1) is 24.3 Å². The van der Waals surface area contributed by atoms with Gasteiger partial charge in [-0.1, -0.05) is 12.1 Å². The zero-order valence-electron chi connectivity index (χ0n) is 9.74. The summed E-state index contributed by atoms with van der Waals surface area (Å²) >= 11 is 0. The van der Waals surface area contributed by atoms with E-state index in [1.165, 1.54) is 6.33 Å². The second-order valence-electron chi connectivity index (χ2n) is 3.71. The van der Waals surface area contributed by atoms with Gasteiger partial charge in [0.25, 0.3) is 0 Å². The summed E-state index contributed by atoms with van der Waals surface area (Å²) < 4.78 is 6.99. The summed E-state index contributed by atoms with van der Waals surface area (Å²) in [6, 6.07) is 7.67. The third kappa shape index (κ3) is 1.46. The molecule has 0 fully saturated rings. The zero-order chi connectivity index (χ0) is 12.5. The molecule has 3 rings (SSSR count). The maximum Gasteiger partial charge on any atom is 0.207 e. The SMILES string of the molecule is COc1cncnc1-n1c(N)nc2ccccc21. The van der Waals surface area contributed by atoms with Crippen molar-refractivity contribution >= 4 is 17.0 Å². The Morgan fingerprint density at radius 2 is 2.11 bits per heavy atom. The number of para-hydroxylation sites is 2. The maximum absolute atomic E-state index is 5.94. The van der Waals surface area contributed by atoms with Crippen LogP contribution < -0.4 is 10.5 Å². The third-order valence-corrected chi connectivity index (χ3v) is 2.68. The molecule has 0 saturated heterocycles. The number of nitrogens with zero attached hydrogens (tertiary/aromatic N) is 4. The Morgan fingerprint density at radius 3 is 2.94 bits per heavy atom. The molecule has 3 aromatic rings. The number of methoxy groups -OCH3 is 1. The van der Waals surface area contributed by atoms with Gasteiger partial charge in [0.2, 0.25) is 5.95 Å². The number of imidazole rings is 1. The number of fused-ring (bicyclic) bond motifs is 1. The second kappa shape index (κ2) is 3.99. The van der Waals surface area contributed by atoms with Crippen molar-refractivity contribution in [3.05, 3.63) is 36.8 Å². The molecule has 0 saturated carbocycles. The quantitative estimate of drug-likeness (QED) is 0.733. The number of nitrogen functional groups attached to an aromatic ring is 1. The Bertz CT molecular complexity index is 707. The van der Waals surface area contributed by atoms with Gasteiger partial charge < -0.3 is 10.5 Å². The molecule has 2 aromatic heterocycles. The normalized spacial score (nSPS) is 10.7. The van der Waals surface area contributed by atoms with Gasteiger partial charge >= 0.3 is 0 Å². The lowest BCUT2D eigenvalue weighted by molar-refractivity contribution is 0.409. The molecule has 6 nitrogen and oxygen atoms in total. The van der Waals surface area contributed by atoms with Gasteiger partial charge in [-0.25, -0.2) is 15.0 Å². The summed E-state index contributed by atoms with van der Waals surface area (Å²) in [5.74, 6) is 1.50. The van der Waals surface area contributed by atoms with Crippen LogP contribution in [0.1, 0.15) is 0 Å². The Balaban J connectivity index is 2.34. The minimum atomic E-state index is 0.369. The van der Waals surface area contributed by atoms with E-state index in [-0.39, 0.29) is 0 Å². The minimum absolute atomic E-state index is 0.369. The molecule has 2 N–H and O–H groups in total. The predicted molar refractivity (Wildman–Crippen MR) is 67.6 cm³/mol. The Hall–Kier alpha value is -2.63. The summed E-state index contributed by atoms with van der Waals surface area (Å²) in [6.45, 7) is 0. The standard InChI is InChI=1S/C12H11N5O/c1-18-10-6-14-7-15-11(10)17-9-5-3-2-4-8(9)16-12(17)13/h2-7H,1H3,(H2,13,16). The molecule has 0 radical (unpaired) electrons. The van der Waals surface area contributed by atoms with Crippen LogP contribution in [0.4, 0.5) is 5.95 Å². The van der Waals surface area contributed by atoms with E-state index in [1.807, 2.05) is 24.3 Å². The molecule has 0 spiro atoms. The smallest absolute Gasteiger partial charge is 0.207 e. The van der Waals surface area contributed by atoms with Crippen molar-refractivity contribution in [1.82, 2.24) is 19.5 Å². The lowest BCUT2D eigenvalue weighted by atomic mass is 10.3. The van der Waals surface area contributed by atoms with Crippen LogP contribution in [0.15, 0.2) is 36.8 Å². The molecule has 0 aliphatic carbocycles. The second-order valence-corrected chi connectivity index (χ2v) is 3.71. The molecule has 0 unspecified atom stereocenters. The van der Waals surface area contributed by atoms with Crippen LogP contribution >= 0.6 is 0 Å². The summed E-state index contributed by atoms with van der Waals surface area (Å²) in [4.78, 5) is 12.4. The first-order valence-corrected chi connectivity index (χ1v) is 5.38. The lowest BCUT2D eigenvalue weighted by Crippen LogP contribution is -2.05. The molecule has 0 atom stereocenters. The zero-order valence-corrected chi connectivity index (χ0v) is 9.74. The molecular formula is C12H11N5O. The highest BCUT2D eigenvalue weighted by molar-refractivity contribution is 5.80. The Kier molecular flexibility index (Phi) is 2.33. The fraction of sp³-hybridized carbons (Fsp3) is 0.0833. The first kappa shape index (κ1) is 10.5. The highest BCUT2D eigenvalue weighted by Crippen LogP contribution is 2.26. The number of ether oxygens (including phenoxy) is 1. The summed E-state index contributed by atoms with van der Waals surface area (Å²) in [5, 5.41) is 0. The molecule has 0 bridgehead atoms. The summed E-state index contributed by atoms with van der Waals surface area (Å²) in [7, 11) is 1.57. The van der Waals surface area contributed by atoms with E-state index in [2.05, 4.69) is 15.0 Å². The maximum atomic E-state index is 5.94. The molecular weight excluding hydrogens is 230 g/mol. The number of hydrogen-bond acceptors (Lipinski definition) is 5. The van der Waals surface area contributed by atoms with Crippen molar-refractivity contribution < 1.29 is 4.74 Å². The fourth-order valence-corrected chi connectivity index (χ4v) is 1.89. The van der Waals surface area contributed by atoms with Crippen molar-refractivity contribution in [2.45, 2.75) is 0 Å². The number of hydrogen-bond donors (Lipinski definition) is 1. The van der Waals surface area contributed by atoms with Crippen molar-refractivity contribution in [3.63, 3.8) is 0 Å². The molecule has 0 aliphatic heterocycles. The van der Waals surface area contributed by atoms with Crippen molar-refractivity contribution in [1.29, 1.82) is 0 Å². The fourth-order valence-electron chi connectivity index (χ4n) is 1.89. The highest BCUT2D eigenvalue weighted by atomic mass is 16.5. The lowest BCUT2D eigenvalue weighted by Gasteiger charge is -2.09. The molecule has 90 valence electrons. The first-order valence-electron chi connectivity index (χ1n) is 5.38. The average molecular weight is 241 g/mol. The van der Waals surface area contributed by atoms with E-state index in [0.717, 1.165) is 11.0 Å². The van der Waals surface area contributed by atoms with Gasteiger partial charge in [0.15, 0.2) is 11.6 Å². The Morgan fingerprint density at radius 1 is 1.28 bits per heavy atom. The van der Waals surface area contributed by atoms with Crippen LogP contribution in [0, 0.1) is 0 Å². The van der Waals surface area contributed by atoms with E-state index in [4.69, 9.17) is 10.5 Å². The number of aromatic nitrogens is 4. The van der Waals surface area contributed by atoms with Crippen LogP contribution in [0.2, 0.25) is 0 Å². The molecule has 1 aromatic carbocycles. The molecule has 0 amide bonds. The van der Waals surface area contributed by atoms with Crippen LogP contribution in [0.5, 0.6) is 5.75 Å². The van der Waals surface area contributed by atoms with Crippen LogP contribution in [-0.4, -0.2) is 26.6 Å². The van der Waals surface area contributed by atoms with Gasteiger partial charge in [-0.3, -0.25) is 4.57 Å². The van der Waals surface area contributed by atoms with E-state index in [0.29, 0.717) is 17.5 Å². The first-order chi connectivity index (χ1) is 8.81. The minimum Gasteiger partial charge on any atom is -0.491 e. The third-order valence-electron chi connectivity index (χ3n) is 2.68. The van der Waals surface area contributed by atoms with Crippen molar-refractivity contribution in [2.24, 2.45) is 0 Å². The number of nitrogens with two attached hydrogens (primary N) is 1. The van der Waals surface area contributed by atoms with Crippen molar-refractivity contribution in [3.8, 4) is 11.6 Å². The number of rotatable bonds is 2. The van der Waals surface area contributed by atoms with Gasteiger partial charge in [-0.15, -0.1) is 0 Å². The van der Waals surface area contributed by atoms with Gasteiger partial charge in [-0.2, -0.15) is 0 Å². The van der Waals surface area contributed by atoms with Crippen molar-refractivity contribution in [2.75, 3.05) is 12.8 Å². The topological polar surface area (TPSA) is 78.9 Å². The monoisotopic (exact) mass is 241 g/mol. The predicted octanol–water partition coefficient (Wildman–Crippen LogP) is 1.41. The molecule has 18 heavy (non-hydrogen) atoms. The van der Waals surface area contributed by atoms with Crippen LogP contribution in [0.25, 0.3) is 16.9 Å². The number of anilines is 1.